The lowest BCUT2D eigenvalue weighted by Gasteiger charge is -2.13. The zero-order valence-electron chi connectivity index (χ0n) is 13.8. The maximum absolute atomic E-state index is 13.2. The normalized spacial score (nSPS) is 11.7. The van der Waals surface area contributed by atoms with Gasteiger partial charge in [0, 0.05) is 21.2 Å². The van der Waals surface area contributed by atoms with Gasteiger partial charge in [0.1, 0.15) is 11.0 Å². The summed E-state index contributed by atoms with van der Waals surface area (Å²) in [5.74, 6) is 0. The molecular formula is C19H16ClN3OS. The highest BCUT2D eigenvalue weighted by molar-refractivity contribution is 7.99. The number of aromatic amines is 1. The summed E-state index contributed by atoms with van der Waals surface area (Å²) in [6.07, 6.45) is 0. The predicted octanol–water partition coefficient (Wildman–Crippen LogP) is 5.02. The second-order valence-corrected chi connectivity index (χ2v) is 8.05. The van der Waals surface area contributed by atoms with Crippen LogP contribution in [0, 0.1) is 0 Å². The van der Waals surface area contributed by atoms with Gasteiger partial charge in [-0.2, -0.15) is 0 Å². The summed E-state index contributed by atoms with van der Waals surface area (Å²) in [6.45, 7) is 4.17. The van der Waals surface area contributed by atoms with Crippen LogP contribution in [0.4, 0.5) is 0 Å². The van der Waals surface area contributed by atoms with Crippen LogP contribution in [0.3, 0.4) is 0 Å². The van der Waals surface area contributed by atoms with Crippen molar-refractivity contribution in [2.75, 3.05) is 0 Å². The number of para-hydroxylation sites is 1. The number of benzene rings is 2. The Hall–Kier alpha value is -2.24. The highest BCUT2D eigenvalue weighted by Crippen LogP contribution is 2.28. The van der Waals surface area contributed by atoms with E-state index in [2.05, 4.69) is 18.8 Å². The summed E-state index contributed by atoms with van der Waals surface area (Å²) in [6, 6.07) is 15.1. The number of nitrogens with one attached hydrogen (secondary N) is 1. The molecule has 0 unspecified atom stereocenters. The summed E-state index contributed by atoms with van der Waals surface area (Å²) >= 11 is 7.57. The largest absolute Gasteiger partial charge is 0.349 e. The Labute approximate surface area is 153 Å². The highest BCUT2D eigenvalue weighted by Gasteiger charge is 2.17. The van der Waals surface area contributed by atoms with Crippen molar-refractivity contribution in [1.29, 1.82) is 0 Å². The van der Waals surface area contributed by atoms with Gasteiger partial charge in [0.25, 0.3) is 5.56 Å². The second-order valence-electron chi connectivity index (χ2n) is 6.07. The van der Waals surface area contributed by atoms with Gasteiger partial charge in [-0.3, -0.25) is 9.36 Å². The number of fused-ring (bicyclic) bond motifs is 3. The predicted molar refractivity (Wildman–Crippen MR) is 105 cm³/mol. The fourth-order valence-corrected chi connectivity index (χ4v) is 3.84. The van der Waals surface area contributed by atoms with Crippen LogP contribution in [0.5, 0.6) is 0 Å². The standard InChI is InChI=1S/C19H16ClN3OS/c1-11(2)25-19-22-16-14-5-3-4-6-15(14)21-17(16)18(24)23(19)13-9-7-12(20)8-10-13/h3-11,21H,1-2H3. The molecule has 6 heteroatoms. The topological polar surface area (TPSA) is 50.7 Å². The van der Waals surface area contributed by atoms with Gasteiger partial charge in [-0.05, 0) is 30.3 Å². The Kier molecular flexibility index (Phi) is 4.06. The monoisotopic (exact) mass is 369 g/mol. The van der Waals surface area contributed by atoms with Crippen LogP contribution >= 0.6 is 23.4 Å². The van der Waals surface area contributed by atoms with Crippen LogP contribution in [-0.2, 0) is 0 Å². The van der Waals surface area contributed by atoms with Gasteiger partial charge in [-0.1, -0.05) is 55.4 Å². The molecule has 0 amide bonds. The van der Waals surface area contributed by atoms with Gasteiger partial charge >= 0.3 is 0 Å². The summed E-state index contributed by atoms with van der Waals surface area (Å²) in [5, 5.41) is 2.57. The maximum atomic E-state index is 13.2. The van der Waals surface area contributed by atoms with Crippen molar-refractivity contribution in [3.8, 4) is 5.69 Å². The van der Waals surface area contributed by atoms with Gasteiger partial charge in [0.2, 0.25) is 0 Å². The van der Waals surface area contributed by atoms with Gasteiger partial charge in [0.05, 0.1) is 5.69 Å². The molecule has 25 heavy (non-hydrogen) atoms. The van der Waals surface area contributed by atoms with Crippen molar-refractivity contribution >= 4 is 45.3 Å². The SMILES string of the molecule is CC(C)Sc1nc2c([nH]c3ccccc32)c(=O)n1-c1ccc(Cl)cc1. The van der Waals surface area contributed by atoms with E-state index in [-0.39, 0.29) is 5.56 Å². The number of thioether (sulfide) groups is 1. The average molecular weight is 370 g/mol. The van der Waals surface area contributed by atoms with E-state index in [0.717, 1.165) is 16.6 Å². The first kappa shape index (κ1) is 16.2. The summed E-state index contributed by atoms with van der Waals surface area (Å²) < 4.78 is 1.65. The zero-order valence-corrected chi connectivity index (χ0v) is 15.4. The first-order valence-electron chi connectivity index (χ1n) is 8.00. The second kappa shape index (κ2) is 6.24. The lowest BCUT2D eigenvalue weighted by molar-refractivity contribution is 0.815. The molecule has 0 saturated carbocycles. The molecule has 2 aromatic carbocycles. The van der Waals surface area contributed by atoms with Crippen LogP contribution in [0.15, 0.2) is 58.5 Å². The minimum atomic E-state index is -0.105. The van der Waals surface area contributed by atoms with Gasteiger partial charge in [-0.25, -0.2) is 4.98 Å². The number of nitrogens with zero attached hydrogens (tertiary/aromatic N) is 2. The van der Waals surface area contributed by atoms with Crippen LogP contribution in [0.1, 0.15) is 13.8 Å². The molecule has 2 heterocycles. The Morgan fingerprint density at radius 3 is 2.56 bits per heavy atom. The molecular weight excluding hydrogens is 354 g/mol. The Morgan fingerprint density at radius 1 is 1.12 bits per heavy atom. The van der Waals surface area contributed by atoms with E-state index < -0.39 is 0 Å². The number of halogens is 1. The minimum absolute atomic E-state index is 0.105. The molecule has 0 saturated heterocycles. The number of rotatable bonds is 3. The molecule has 0 spiro atoms. The van der Waals surface area contributed by atoms with Gasteiger partial charge in [0.15, 0.2) is 5.16 Å². The van der Waals surface area contributed by atoms with Crippen molar-refractivity contribution in [1.82, 2.24) is 14.5 Å². The number of aromatic nitrogens is 3. The van der Waals surface area contributed by atoms with E-state index in [1.54, 1.807) is 28.5 Å². The fraction of sp³-hybridized carbons (Fsp3) is 0.158. The summed E-state index contributed by atoms with van der Waals surface area (Å²) in [5.41, 5.74) is 2.80. The molecule has 2 aromatic heterocycles. The van der Waals surface area contributed by atoms with Gasteiger partial charge < -0.3 is 4.98 Å². The van der Waals surface area contributed by atoms with E-state index in [9.17, 15) is 4.79 Å². The molecule has 4 rings (SSSR count). The first-order chi connectivity index (χ1) is 12.0. The van der Waals surface area contributed by atoms with Crippen molar-refractivity contribution in [3.05, 3.63) is 63.9 Å². The van der Waals surface area contributed by atoms with E-state index in [1.807, 2.05) is 36.4 Å². The first-order valence-corrected chi connectivity index (χ1v) is 9.26. The van der Waals surface area contributed by atoms with Crippen molar-refractivity contribution in [2.45, 2.75) is 24.3 Å². The van der Waals surface area contributed by atoms with Crippen LogP contribution in [0.2, 0.25) is 5.02 Å². The number of H-pyrrole nitrogens is 1. The quantitative estimate of drug-likeness (QED) is 0.407. The maximum Gasteiger partial charge on any atom is 0.283 e. The molecule has 4 nitrogen and oxygen atoms in total. The van der Waals surface area contributed by atoms with E-state index >= 15 is 0 Å². The van der Waals surface area contributed by atoms with Crippen LogP contribution in [-0.4, -0.2) is 19.8 Å². The lowest BCUT2D eigenvalue weighted by atomic mass is 10.2. The fourth-order valence-electron chi connectivity index (χ4n) is 2.85. The molecule has 0 radical (unpaired) electrons. The molecule has 1 N–H and O–H groups in total. The Balaban J connectivity index is 2.08. The Morgan fingerprint density at radius 2 is 1.84 bits per heavy atom. The number of hydrogen-bond acceptors (Lipinski definition) is 3. The molecule has 0 aliphatic carbocycles. The summed E-state index contributed by atoms with van der Waals surface area (Å²) in [4.78, 5) is 21.3. The molecule has 0 atom stereocenters. The van der Waals surface area contributed by atoms with E-state index in [4.69, 9.17) is 16.6 Å². The molecule has 126 valence electrons. The van der Waals surface area contributed by atoms with Crippen molar-refractivity contribution in [2.24, 2.45) is 0 Å². The Bertz CT molecular complexity index is 1130. The van der Waals surface area contributed by atoms with Crippen LogP contribution < -0.4 is 5.56 Å². The minimum Gasteiger partial charge on any atom is -0.349 e. The molecule has 0 fully saturated rings. The molecule has 0 aliphatic rings. The molecule has 0 bridgehead atoms. The zero-order chi connectivity index (χ0) is 17.6. The third-order valence-corrected chi connectivity index (χ3v) is 5.13. The van der Waals surface area contributed by atoms with E-state index in [1.165, 1.54) is 0 Å². The van der Waals surface area contributed by atoms with E-state index in [0.29, 0.717) is 26.5 Å². The molecule has 4 aromatic rings. The number of hydrogen-bond donors (Lipinski definition) is 1. The highest BCUT2D eigenvalue weighted by atomic mass is 35.5. The van der Waals surface area contributed by atoms with Crippen molar-refractivity contribution < 1.29 is 0 Å². The summed E-state index contributed by atoms with van der Waals surface area (Å²) in [7, 11) is 0. The average Bonchev–Trinajstić information content (AvgIpc) is 2.95. The third kappa shape index (κ3) is 2.83. The van der Waals surface area contributed by atoms with Crippen LogP contribution in [0.25, 0.3) is 27.6 Å². The molecule has 0 aliphatic heterocycles. The van der Waals surface area contributed by atoms with Crippen molar-refractivity contribution in [3.63, 3.8) is 0 Å². The van der Waals surface area contributed by atoms with Gasteiger partial charge in [-0.15, -0.1) is 0 Å². The third-order valence-electron chi connectivity index (χ3n) is 3.92. The smallest absolute Gasteiger partial charge is 0.283 e. The lowest BCUT2D eigenvalue weighted by Crippen LogP contribution is -2.22.